The molecule has 0 amide bonds. The van der Waals surface area contributed by atoms with Crippen molar-refractivity contribution in [1.29, 1.82) is 0 Å². The highest BCUT2D eigenvalue weighted by Crippen LogP contribution is 2.27. The summed E-state index contributed by atoms with van der Waals surface area (Å²) in [7, 11) is -3.82. The predicted octanol–water partition coefficient (Wildman–Crippen LogP) is 6.72. The van der Waals surface area contributed by atoms with E-state index in [1.165, 1.54) is 24.3 Å². The fourth-order valence-corrected chi connectivity index (χ4v) is 6.10. The second kappa shape index (κ2) is 15.6. The summed E-state index contributed by atoms with van der Waals surface area (Å²) in [6, 6.07) is 24.6. The van der Waals surface area contributed by atoms with E-state index in [0.717, 1.165) is 5.56 Å². The average Bonchev–Trinajstić information content (AvgIpc) is 3.03. The minimum absolute atomic E-state index is 0.0924. The summed E-state index contributed by atoms with van der Waals surface area (Å²) in [4.78, 5) is 25.2. The molecule has 47 heavy (non-hydrogen) atoms. The van der Waals surface area contributed by atoms with Crippen LogP contribution in [0.3, 0.4) is 0 Å². The molecule has 0 saturated heterocycles. The van der Waals surface area contributed by atoms with E-state index in [1.807, 2.05) is 0 Å². The molecule has 248 valence electrons. The Balaban J connectivity index is 1.40. The molecular weight excluding hydrogens is 642 g/mol. The first kappa shape index (κ1) is 35.6. The minimum Gasteiger partial charge on any atom is -0.462 e. The molecule has 0 aliphatic rings. The third-order valence-electron chi connectivity index (χ3n) is 6.89. The molecule has 1 unspecified atom stereocenters. The van der Waals surface area contributed by atoms with Crippen molar-refractivity contribution in [3.63, 3.8) is 0 Å². The van der Waals surface area contributed by atoms with Crippen molar-refractivity contribution in [3.05, 3.63) is 119 Å². The molecule has 0 radical (unpaired) electrons. The average molecular weight is 680 g/mol. The van der Waals surface area contributed by atoms with E-state index in [0.29, 0.717) is 40.6 Å². The molecular formula is C36H38ClNO8S. The van der Waals surface area contributed by atoms with Crippen molar-refractivity contribution in [1.82, 2.24) is 5.32 Å². The zero-order valence-electron chi connectivity index (χ0n) is 26.6. The quantitative estimate of drug-likeness (QED) is 0.148. The topological polar surface area (TPSA) is 128 Å². The third-order valence-corrected chi connectivity index (χ3v) is 8.91. The second-order valence-electron chi connectivity index (χ2n) is 11.7. The molecule has 0 bridgehead atoms. The van der Waals surface area contributed by atoms with Crippen LogP contribution in [0.1, 0.15) is 55.3 Å². The zero-order chi connectivity index (χ0) is 34.2. The van der Waals surface area contributed by atoms with Gasteiger partial charge in [0.15, 0.2) is 0 Å². The van der Waals surface area contributed by atoms with Gasteiger partial charge in [-0.25, -0.2) is 13.2 Å². The Morgan fingerprint density at radius 2 is 1.51 bits per heavy atom. The van der Waals surface area contributed by atoms with Crippen molar-refractivity contribution in [2.75, 3.05) is 13.2 Å². The smallest absolute Gasteiger partial charge is 0.338 e. The summed E-state index contributed by atoms with van der Waals surface area (Å²) in [6.07, 6.45) is -0.756. The van der Waals surface area contributed by atoms with Gasteiger partial charge >= 0.3 is 11.9 Å². The predicted molar refractivity (Wildman–Crippen MR) is 179 cm³/mol. The molecule has 0 aliphatic heterocycles. The van der Waals surface area contributed by atoms with Crippen LogP contribution in [-0.4, -0.2) is 50.3 Å². The van der Waals surface area contributed by atoms with Gasteiger partial charge in [-0.05, 0) is 112 Å². The maximum atomic E-state index is 13.3. The van der Waals surface area contributed by atoms with Crippen molar-refractivity contribution in [3.8, 4) is 11.5 Å². The molecule has 0 fully saturated rings. The Morgan fingerprint density at radius 1 is 0.872 bits per heavy atom. The van der Waals surface area contributed by atoms with Crippen LogP contribution >= 0.6 is 11.6 Å². The number of hydrogen-bond acceptors (Lipinski definition) is 9. The lowest BCUT2D eigenvalue weighted by atomic mass is 10.0. The van der Waals surface area contributed by atoms with Gasteiger partial charge in [0.25, 0.3) is 0 Å². The van der Waals surface area contributed by atoms with Gasteiger partial charge in [-0.2, -0.15) is 0 Å². The maximum absolute atomic E-state index is 13.3. The molecule has 2 atom stereocenters. The molecule has 2 N–H and O–H groups in total. The largest absolute Gasteiger partial charge is 0.462 e. The third kappa shape index (κ3) is 9.89. The van der Waals surface area contributed by atoms with Gasteiger partial charge in [-0.1, -0.05) is 41.9 Å². The van der Waals surface area contributed by atoms with Crippen molar-refractivity contribution < 1.29 is 37.3 Å². The summed E-state index contributed by atoms with van der Waals surface area (Å²) >= 11 is 6.10. The Labute approximate surface area is 280 Å². The minimum atomic E-state index is -3.82. The first-order chi connectivity index (χ1) is 22.3. The lowest BCUT2D eigenvalue weighted by Crippen LogP contribution is -2.46. The number of aliphatic hydroxyl groups excluding tert-OH is 1. The van der Waals surface area contributed by atoms with Gasteiger partial charge < -0.3 is 24.6 Å². The fourth-order valence-electron chi connectivity index (χ4n) is 4.64. The highest BCUT2D eigenvalue weighted by atomic mass is 35.5. The Morgan fingerprint density at radius 3 is 2.13 bits per heavy atom. The molecule has 0 saturated carbocycles. The number of benzene rings is 4. The van der Waals surface area contributed by atoms with Gasteiger partial charge in [-0.3, -0.25) is 4.79 Å². The number of sulfone groups is 1. The van der Waals surface area contributed by atoms with E-state index in [9.17, 15) is 23.1 Å². The monoisotopic (exact) mass is 679 g/mol. The molecule has 0 aliphatic carbocycles. The van der Waals surface area contributed by atoms with E-state index in [1.54, 1.807) is 100 Å². The number of hydrogen-bond donors (Lipinski definition) is 2. The van der Waals surface area contributed by atoms with Gasteiger partial charge in [0.05, 0.1) is 22.0 Å². The zero-order valence-corrected chi connectivity index (χ0v) is 28.2. The molecule has 4 aromatic rings. The van der Waals surface area contributed by atoms with E-state index in [2.05, 4.69) is 5.32 Å². The van der Waals surface area contributed by atoms with Gasteiger partial charge in [0.1, 0.15) is 29.2 Å². The Bertz CT molecular complexity index is 1790. The summed E-state index contributed by atoms with van der Waals surface area (Å²) in [5, 5.41) is 14.6. The summed E-state index contributed by atoms with van der Waals surface area (Å²) in [6.45, 7) is 7.54. The van der Waals surface area contributed by atoms with Gasteiger partial charge in [-0.15, -0.1) is 0 Å². The van der Waals surface area contributed by atoms with Crippen LogP contribution in [-0.2, 0) is 30.5 Å². The first-order valence-electron chi connectivity index (χ1n) is 15.1. The van der Waals surface area contributed by atoms with Crippen LogP contribution in [0.15, 0.2) is 107 Å². The van der Waals surface area contributed by atoms with Crippen LogP contribution in [0.25, 0.3) is 0 Å². The lowest BCUT2D eigenvalue weighted by molar-refractivity contribution is -0.160. The summed E-state index contributed by atoms with van der Waals surface area (Å²) < 4.78 is 43.0. The number of nitrogens with one attached hydrogen (secondary N) is 1. The Kier molecular flexibility index (Phi) is 11.8. The lowest BCUT2D eigenvalue weighted by Gasteiger charge is -2.27. The summed E-state index contributed by atoms with van der Waals surface area (Å²) in [5.41, 5.74) is 0.890. The molecule has 0 heterocycles. The highest BCUT2D eigenvalue weighted by molar-refractivity contribution is 7.91. The SMILES string of the molecule is CCOC(=O)c1cccc(Oc2ccc(S(=O)(=O)c3ccc(CCNC(C(=O)OC(C)(C)C)[C@H](O)c4cccc(Cl)c4)cc3)cc2)c1. The number of aliphatic hydroxyl groups is 1. The number of carbonyl (C=O) groups excluding carboxylic acids is 2. The first-order valence-corrected chi connectivity index (χ1v) is 16.9. The second-order valence-corrected chi connectivity index (χ2v) is 14.1. The maximum Gasteiger partial charge on any atom is 0.338 e. The van der Waals surface area contributed by atoms with E-state index >= 15 is 0 Å². The van der Waals surface area contributed by atoms with E-state index in [-0.39, 0.29) is 16.4 Å². The van der Waals surface area contributed by atoms with Crippen LogP contribution < -0.4 is 10.1 Å². The fraction of sp³-hybridized carbons (Fsp3) is 0.278. The van der Waals surface area contributed by atoms with Crippen LogP contribution in [0.5, 0.6) is 11.5 Å². The number of rotatable bonds is 13. The Hall–Kier alpha value is -4.22. The number of carbonyl (C=O) groups is 2. The molecule has 4 rings (SSSR count). The molecule has 9 nitrogen and oxygen atoms in total. The standard InChI is InChI=1S/C36H38ClNO8S/c1-5-44-34(40)26-9-7-11-29(23-26)45-28-14-18-31(19-15-28)47(42,43)30-16-12-24(13-17-30)20-21-38-32(35(41)46-36(2,3)4)33(39)25-8-6-10-27(37)22-25/h6-19,22-23,32-33,38-39H,5,20-21H2,1-4H3/t32?,33-/m1/s1. The van der Waals surface area contributed by atoms with Gasteiger partial charge in [0, 0.05) is 11.6 Å². The van der Waals surface area contributed by atoms with E-state index < -0.39 is 39.5 Å². The van der Waals surface area contributed by atoms with E-state index in [4.69, 9.17) is 25.8 Å². The van der Waals surface area contributed by atoms with Gasteiger partial charge in [0.2, 0.25) is 9.84 Å². The normalized spacial score (nSPS) is 13.0. The van der Waals surface area contributed by atoms with Crippen molar-refractivity contribution in [2.45, 2.75) is 61.7 Å². The molecule has 11 heteroatoms. The van der Waals surface area contributed by atoms with Crippen LogP contribution in [0.2, 0.25) is 5.02 Å². The van der Waals surface area contributed by atoms with Crippen LogP contribution in [0, 0.1) is 0 Å². The number of esters is 2. The molecule has 0 aromatic heterocycles. The molecule has 0 spiro atoms. The number of ether oxygens (including phenoxy) is 3. The summed E-state index contributed by atoms with van der Waals surface area (Å²) in [5.74, 6) is -0.252. The molecule has 4 aromatic carbocycles. The van der Waals surface area contributed by atoms with Crippen molar-refractivity contribution in [2.24, 2.45) is 0 Å². The van der Waals surface area contributed by atoms with Crippen LogP contribution in [0.4, 0.5) is 0 Å². The highest BCUT2D eigenvalue weighted by Gasteiger charge is 2.32. The number of halogens is 1. The van der Waals surface area contributed by atoms with Crippen molar-refractivity contribution >= 4 is 33.4 Å².